The van der Waals surface area contributed by atoms with E-state index >= 15 is 0 Å². The molecule has 4 rings (SSSR count). The predicted octanol–water partition coefficient (Wildman–Crippen LogP) is 1.90. The number of hydrogen-bond acceptors (Lipinski definition) is 3. The molecule has 1 fully saturated rings. The van der Waals surface area contributed by atoms with E-state index in [1.165, 1.54) is 10.9 Å². The largest absolute Gasteiger partial charge is 0.398 e. The number of nitrogen functional groups attached to an aromatic ring is 1. The van der Waals surface area contributed by atoms with Gasteiger partial charge >= 0.3 is 0 Å². The van der Waals surface area contributed by atoms with Crippen LogP contribution in [0.2, 0.25) is 0 Å². The van der Waals surface area contributed by atoms with Crippen LogP contribution in [0, 0.1) is 0 Å². The number of pyridine rings is 1. The molecule has 0 spiro atoms. The third-order valence-electron chi connectivity index (χ3n) is 4.72. The summed E-state index contributed by atoms with van der Waals surface area (Å²) < 4.78 is 5.41. The van der Waals surface area contributed by atoms with Gasteiger partial charge in [-0.05, 0) is 23.1 Å². The molecule has 3 N–H and O–H groups in total. The van der Waals surface area contributed by atoms with Crippen molar-refractivity contribution in [2.75, 3.05) is 32.0 Å². The summed E-state index contributed by atoms with van der Waals surface area (Å²) in [6, 6.07) is 16.6. The van der Waals surface area contributed by atoms with Crippen LogP contribution in [0.15, 0.2) is 54.7 Å². The number of benzene rings is 2. The van der Waals surface area contributed by atoms with Gasteiger partial charge in [0.2, 0.25) is 0 Å². The maximum Gasteiger partial charge on any atom is 0.120 e. The fourth-order valence-corrected chi connectivity index (χ4v) is 3.37. The van der Waals surface area contributed by atoms with Gasteiger partial charge in [0.1, 0.15) is 19.6 Å². The average molecular weight is 320 g/mol. The maximum absolute atomic E-state index is 6.10. The van der Waals surface area contributed by atoms with Crippen LogP contribution in [-0.4, -0.2) is 31.3 Å². The molecule has 1 aromatic heterocycles. The minimum absolute atomic E-state index is 0.815. The second kappa shape index (κ2) is 6.59. The standard InChI is InChI=1S/C20H21N3O/c21-20-6-2-4-18-17(3-1-5-19(18)20)15-7-8-16(22-13-15)14-23-9-11-24-12-10-23/h1-8,13H,9-12,14,21H2/p+1. The molecule has 0 unspecified atom stereocenters. The van der Waals surface area contributed by atoms with Crippen molar-refractivity contribution in [2.24, 2.45) is 0 Å². The predicted molar refractivity (Wildman–Crippen MR) is 96.8 cm³/mol. The Bertz CT molecular complexity index is 839. The lowest BCUT2D eigenvalue weighted by molar-refractivity contribution is -0.921. The van der Waals surface area contributed by atoms with Crippen molar-refractivity contribution in [3.05, 3.63) is 60.4 Å². The maximum atomic E-state index is 6.10. The normalized spacial score (nSPS) is 15.7. The molecule has 0 amide bonds. The van der Waals surface area contributed by atoms with Crippen LogP contribution >= 0.6 is 0 Å². The summed E-state index contributed by atoms with van der Waals surface area (Å²) in [6.07, 6.45) is 1.98. The molecule has 2 heterocycles. The van der Waals surface area contributed by atoms with Crippen LogP contribution in [0.25, 0.3) is 21.9 Å². The van der Waals surface area contributed by atoms with Crippen molar-refractivity contribution in [1.29, 1.82) is 0 Å². The number of nitrogens with two attached hydrogens (primary N) is 1. The van der Waals surface area contributed by atoms with Crippen LogP contribution < -0.4 is 10.6 Å². The SMILES string of the molecule is Nc1cccc2c(-c3ccc(C[NH+]4CCOCC4)nc3)cccc12. The highest BCUT2D eigenvalue weighted by Crippen LogP contribution is 2.30. The summed E-state index contributed by atoms with van der Waals surface area (Å²) in [5.74, 6) is 0. The molecular formula is C20H22N3O+. The first-order valence-corrected chi connectivity index (χ1v) is 8.45. The van der Waals surface area contributed by atoms with Gasteiger partial charge < -0.3 is 15.4 Å². The quantitative estimate of drug-likeness (QED) is 0.725. The number of aromatic nitrogens is 1. The lowest BCUT2D eigenvalue weighted by atomic mass is 9.98. The molecule has 1 saturated heterocycles. The number of hydrogen-bond donors (Lipinski definition) is 2. The third-order valence-corrected chi connectivity index (χ3v) is 4.72. The molecule has 0 aliphatic carbocycles. The Hall–Kier alpha value is -2.43. The van der Waals surface area contributed by atoms with Gasteiger partial charge in [0.05, 0.1) is 18.9 Å². The number of nitrogens with zero attached hydrogens (tertiary/aromatic N) is 1. The number of nitrogens with one attached hydrogen (secondary N) is 1. The summed E-state index contributed by atoms with van der Waals surface area (Å²) in [6.45, 7) is 4.79. The highest BCUT2D eigenvalue weighted by atomic mass is 16.5. The summed E-state index contributed by atoms with van der Waals surface area (Å²) >= 11 is 0. The van der Waals surface area contributed by atoms with Crippen LogP contribution in [0.3, 0.4) is 0 Å². The van der Waals surface area contributed by atoms with Crippen molar-refractivity contribution >= 4 is 16.5 Å². The summed E-state index contributed by atoms with van der Waals surface area (Å²) in [4.78, 5) is 6.23. The summed E-state index contributed by atoms with van der Waals surface area (Å²) in [5.41, 5.74) is 10.4. The zero-order valence-corrected chi connectivity index (χ0v) is 13.7. The lowest BCUT2D eigenvalue weighted by Gasteiger charge is -2.23. The molecule has 1 aliphatic rings. The second-order valence-corrected chi connectivity index (χ2v) is 6.33. The molecule has 3 aromatic rings. The van der Waals surface area contributed by atoms with E-state index < -0.39 is 0 Å². The van der Waals surface area contributed by atoms with Gasteiger partial charge in [-0.25, -0.2) is 0 Å². The fourth-order valence-electron chi connectivity index (χ4n) is 3.37. The van der Waals surface area contributed by atoms with E-state index in [9.17, 15) is 0 Å². The molecule has 0 radical (unpaired) electrons. The topological polar surface area (TPSA) is 52.6 Å². The van der Waals surface area contributed by atoms with E-state index in [0.29, 0.717) is 0 Å². The molecule has 2 aromatic carbocycles. The van der Waals surface area contributed by atoms with Crippen molar-refractivity contribution in [2.45, 2.75) is 6.54 Å². The zero-order valence-electron chi connectivity index (χ0n) is 13.7. The number of anilines is 1. The highest BCUT2D eigenvalue weighted by Gasteiger charge is 2.15. The number of fused-ring (bicyclic) bond motifs is 1. The average Bonchev–Trinajstić information content (AvgIpc) is 2.63. The van der Waals surface area contributed by atoms with Crippen molar-refractivity contribution in [1.82, 2.24) is 4.98 Å². The molecule has 4 heteroatoms. The van der Waals surface area contributed by atoms with Gasteiger partial charge in [0, 0.05) is 22.8 Å². The van der Waals surface area contributed by atoms with Gasteiger partial charge in [-0.2, -0.15) is 0 Å². The Morgan fingerprint density at radius 1 is 0.958 bits per heavy atom. The molecule has 0 atom stereocenters. The van der Waals surface area contributed by atoms with Crippen LogP contribution in [0.4, 0.5) is 5.69 Å². The minimum Gasteiger partial charge on any atom is -0.398 e. The number of ether oxygens (including phenoxy) is 1. The van der Waals surface area contributed by atoms with E-state index in [1.54, 1.807) is 4.90 Å². The van der Waals surface area contributed by atoms with Crippen molar-refractivity contribution in [3.8, 4) is 11.1 Å². The van der Waals surface area contributed by atoms with Gasteiger partial charge in [0.25, 0.3) is 0 Å². The van der Waals surface area contributed by atoms with E-state index in [0.717, 1.165) is 55.2 Å². The van der Waals surface area contributed by atoms with Gasteiger partial charge in [0.15, 0.2) is 0 Å². The molecule has 4 nitrogen and oxygen atoms in total. The summed E-state index contributed by atoms with van der Waals surface area (Å²) in [7, 11) is 0. The number of rotatable bonds is 3. The van der Waals surface area contributed by atoms with E-state index in [1.807, 2.05) is 18.3 Å². The van der Waals surface area contributed by atoms with Crippen molar-refractivity contribution in [3.63, 3.8) is 0 Å². The first-order chi connectivity index (χ1) is 11.8. The smallest absolute Gasteiger partial charge is 0.120 e. The van der Waals surface area contributed by atoms with Gasteiger partial charge in [-0.15, -0.1) is 0 Å². The monoisotopic (exact) mass is 320 g/mol. The third kappa shape index (κ3) is 2.98. The van der Waals surface area contributed by atoms with Crippen molar-refractivity contribution < 1.29 is 9.64 Å². The van der Waals surface area contributed by atoms with Gasteiger partial charge in [-0.3, -0.25) is 4.98 Å². The fraction of sp³-hybridized carbons (Fsp3) is 0.250. The van der Waals surface area contributed by atoms with Crippen LogP contribution in [0.1, 0.15) is 5.69 Å². The first kappa shape index (κ1) is 15.1. The zero-order chi connectivity index (χ0) is 16.4. The number of morpholine rings is 1. The molecule has 0 bridgehead atoms. The molecule has 122 valence electrons. The van der Waals surface area contributed by atoms with Gasteiger partial charge in [-0.1, -0.05) is 36.4 Å². The van der Waals surface area contributed by atoms with E-state index in [-0.39, 0.29) is 0 Å². The Balaban J connectivity index is 1.62. The van der Waals surface area contributed by atoms with E-state index in [4.69, 9.17) is 10.5 Å². The second-order valence-electron chi connectivity index (χ2n) is 6.33. The minimum atomic E-state index is 0.815. The molecule has 24 heavy (non-hydrogen) atoms. The summed E-state index contributed by atoms with van der Waals surface area (Å²) in [5, 5.41) is 2.27. The lowest BCUT2D eigenvalue weighted by Crippen LogP contribution is -3.12. The molecule has 1 aliphatic heterocycles. The molecule has 0 saturated carbocycles. The Morgan fingerprint density at radius 3 is 2.54 bits per heavy atom. The van der Waals surface area contributed by atoms with Crippen LogP contribution in [0.5, 0.6) is 0 Å². The Labute approximate surface area is 141 Å². The van der Waals surface area contributed by atoms with Crippen LogP contribution in [-0.2, 0) is 11.3 Å². The number of quaternary nitrogens is 1. The van der Waals surface area contributed by atoms with E-state index in [2.05, 4.69) is 41.4 Å². The Kier molecular flexibility index (Phi) is 4.15. The Morgan fingerprint density at radius 2 is 1.75 bits per heavy atom. The highest BCUT2D eigenvalue weighted by molar-refractivity contribution is 6.02. The molecular weight excluding hydrogens is 298 g/mol. The first-order valence-electron chi connectivity index (χ1n) is 8.45.